The van der Waals surface area contributed by atoms with Crippen molar-refractivity contribution in [3.05, 3.63) is 53.9 Å². The SMILES string of the molecule is O=C(Cc1nc2cccc(-c3ccc(CN4CCS(=O)(=O)CC4)cc3)n2n1)C1CC1. The second-order valence-electron chi connectivity index (χ2n) is 8.25. The van der Waals surface area contributed by atoms with Gasteiger partial charge in [0.05, 0.1) is 23.6 Å². The predicted octanol–water partition coefficient (Wildman–Crippen LogP) is 2.15. The van der Waals surface area contributed by atoms with Crippen LogP contribution in [0.2, 0.25) is 0 Å². The average Bonchev–Trinajstić information content (AvgIpc) is 3.50. The van der Waals surface area contributed by atoms with E-state index in [0.717, 1.165) is 41.9 Å². The van der Waals surface area contributed by atoms with E-state index in [2.05, 4.69) is 39.2 Å². The number of nitrogens with zero attached hydrogens (tertiary/aromatic N) is 4. The number of hydrogen-bond acceptors (Lipinski definition) is 6. The molecule has 0 unspecified atom stereocenters. The normalized spacial score (nSPS) is 19.2. The Hall–Kier alpha value is -2.58. The molecule has 2 aromatic heterocycles. The maximum Gasteiger partial charge on any atom is 0.159 e. The molecule has 1 aromatic carbocycles. The Kier molecular flexibility index (Phi) is 4.91. The number of sulfone groups is 1. The second kappa shape index (κ2) is 7.59. The Morgan fingerprint density at radius 2 is 1.77 bits per heavy atom. The summed E-state index contributed by atoms with van der Waals surface area (Å²) in [5.74, 6) is 1.51. The number of carbonyl (C=O) groups is 1. The van der Waals surface area contributed by atoms with E-state index in [-0.39, 0.29) is 23.2 Å². The van der Waals surface area contributed by atoms with Crippen molar-refractivity contribution in [2.24, 2.45) is 5.92 Å². The zero-order valence-electron chi connectivity index (χ0n) is 16.7. The van der Waals surface area contributed by atoms with Gasteiger partial charge >= 0.3 is 0 Å². The number of aromatic nitrogens is 3. The largest absolute Gasteiger partial charge is 0.299 e. The van der Waals surface area contributed by atoms with Gasteiger partial charge in [-0.1, -0.05) is 30.3 Å². The topological polar surface area (TPSA) is 84.6 Å². The Labute approximate surface area is 175 Å². The number of benzene rings is 1. The smallest absolute Gasteiger partial charge is 0.159 e. The van der Waals surface area contributed by atoms with E-state index in [1.165, 1.54) is 0 Å². The molecular formula is C22H24N4O3S. The molecule has 1 saturated heterocycles. The van der Waals surface area contributed by atoms with Crippen LogP contribution in [0.25, 0.3) is 16.9 Å². The first-order valence-corrected chi connectivity index (χ1v) is 12.2. The van der Waals surface area contributed by atoms with E-state index in [4.69, 9.17) is 0 Å². The molecule has 1 aliphatic carbocycles. The first-order valence-electron chi connectivity index (χ1n) is 10.4. The Balaban J connectivity index is 1.33. The number of hydrogen-bond donors (Lipinski definition) is 0. The van der Waals surface area contributed by atoms with Gasteiger partial charge in [0.2, 0.25) is 0 Å². The summed E-state index contributed by atoms with van der Waals surface area (Å²) in [6, 6.07) is 14.1. The van der Waals surface area contributed by atoms with Crippen LogP contribution in [0.1, 0.15) is 24.2 Å². The molecule has 3 aromatic rings. The predicted molar refractivity (Wildman–Crippen MR) is 114 cm³/mol. The average molecular weight is 425 g/mol. The summed E-state index contributed by atoms with van der Waals surface area (Å²) < 4.78 is 25.0. The Morgan fingerprint density at radius 1 is 1.03 bits per heavy atom. The standard InChI is InChI=1S/C22H24N4O3S/c27-20(18-8-9-18)14-21-23-22-3-1-2-19(26(22)24-21)17-6-4-16(5-7-17)15-25-10-12-30(28,29)13-11-25/h1-7,18H,8-15H2. The molecule has 2 aliphatic rings. The number of fused-ring (bicyclic) bond motifs is 1. The van der Waals surface area contributed by atoms with Crippen LogP contribution in [0.4, 0.5) is 0 Å². The zero-order chi connectivity index (χ0) is 20.7. The summed E-state index contributed by atoms with van der Waals surface area (Å²) in [6.07, 6.45) is 2.30. The van der Waals surface area contributed by atoms with Crippen LogP contribution in [0.3, 0.4) is 0 Å². The Bertz CT molecular complexity index is 1180. The van der Waals surface area contributed by atoms with Gasteiger partial charge in [-0.05, 0) is 30.5 Å². The van der Waals surface area contributed by atoms with E-state index < -0.39 is 9.84 Å². The highest BCUT2D eigenvalue weighted by molar-refractivity contribution is 7.91. The molecule has 3 heterocycles. The number of pyridine rings is 1. The third kappa shape index (κ3) is 4.15. The molecule has 7 nitrogen and oxygen atoms in total. The highest BCUT2D eigenvalue weighted by atomic mass is 32.2. The summed E-state index contributed by atoms with van der Waals surface area (Å²) in [4.78, 5) is 18.8. The minimum Gasteiger partial charge on any atom is -0.299 e. The molecule has 0 atom stereocenters. The summed E-state index contributed by atoms with van der Waals surface area (Å²) in [6.45, 7) is 1.92. The van der Waals surface area contributed by atoms with Gasteiger partial charge in [0.1, 0.15) is 5.78 Å². The lowest BCUT2D eigenvalue weighted by atomic mass is 10.1. The van der Waals surface area contributed by atoms with Crippen LogP contribution in [0.15, 0.2) is 42.5 Å². The van der Waals surface area contributed by atoms with Crippen LogP contribution in [0, 0.1) is 5.92 Å². The van der Waals surface area contributed by atoms with Gasteiger partial charge in [-0.15, -0.1) is 0 Å². The maximum atomic E-state index is 12.1. The van der Waals surface area contributed by atoms with Gasteiger partial charge in [-0.25, -0.2) is 17.9 Å². The fourth-order valence-corrected chi connectivity index (χ4v) is 5.17. The molecule has 2 fully saturated rings. The molecule has 30 heavy (non-hydrogen) atoms. The molecule has 0 amide bonds. The van der Waals surface area contributed by atoms with Gasteiger partial charge in [0, 0.05) is 31.1 Å². The van der Waals surface area contributed by atoms with E-state index >= 15 is 0 Å². The third-order valence-corrected chi connectivity index (χ3v) is 7.47. The van der Waals surface area contributed by atoms with E-state index in [0.29, 0.717) is 25.3 Å². The van der Waals surface area contributed by atoms with Gasteiger partial charge in [0.15, 0.2) is 21.3 Å². The first kappa shape index (κ1) is 19.4. The Morgan fingerprint density at radius 3 is 2.47 bits per heavy atom. The molecule has 8 heteroatoms. The highest BCUT2D eigenvalue weighted by Crippen LogP contribution is 2.30. The number of rotatable bonds is 6. The van der Waals surface area contributed by atoms with Crippen molar-refractivity contribution in [1.29, 1.82) is 0 Å². The van der Waals surface area contributed by atoms with E-state index in [9.17, 15) is 13.2 Å². The molecule has 0 spiro atoms. The highest BCUT2D eigenvalue weighted by Gasteiger charge is 2.30. The minimum atomic E-state index is -2.86. The van der Waals surface area contributed by atoms with Crippen molar-refractivity contribution < 1.29 is 13.2 Å². The lowest BCUT2D eigenvalue weighted by molar-refractivity contribution is -0.119. The van der Waals surface area contributed by atoms with E-state index in [1.807, 2.05) is 18.2 Å². The van der Waals surface area contributed by atoms with Crippen LogP contribution in [0.5, 0.6) is 0 Å². The number of Topliss-reactive ketones (excluding diaryl/α,β-unsaturated/α-hetero) is 1. The third-order valence-electron chi connectivity index (χ3n) is 5.86. The summed E-state index contributed by atoms with van der Waals surface area (Å²) in [7, 11) is -2.86. The van der Waals surface area contributed by atoms with Crippen molar-refractivity contribution in [3.63, 3.8) is 0 Å². The van der Waals surface area contributed by atoms with Crippen LogP contribution in [-0.2, 0) is 27.6 Å². The second-order valence-corrected chi connectivity index (χ2v) is 10.6. The van der Waals surface area contributed by atoms with Crippen LogP contribution < -0.4 is 0 Å². The number of carbonyl (C=O) groups excluding carboxylic acids is 1. The van der Waals surface area contributed by atoms with Gasteiger partial charge in [0.25, 0.3) is 0 Å². The lowest BCUT2D eigenvalue weighted by Crippen LogP contribution is -2.39. The first-order chi connectivity index (χ1) is 14.5. The summed E-state index contributed by atoms with van der Waals surface area (Å²) in [5.41, 5.74) is 3.85. The molecule has 0 radical (unpaired) electrons. The zero-order valence-corrected chi connectivity index (χ0v) is 17.5. The van der Waals surface area contributed by atoms with Crippen LogP contribution >= 0.6 is 0 Å². The van der Waals surface area contributed by atoms with Crippen molar-refractivity contribution in [3.8, 4) is 11.3 Å². The van der Waals surface area contributed by atoms with Gasteiger partial charge < -0.3 is 0 Å². The lowest BCUT2D eigenvalue weighted by Gasteiger charge is -2.26. The molecule has 1 saturated carbocycles. The summed E-state index contributed by atoms with van der Waals surface area (Å²) >= 11 is 0. The molecule has 0 N–H and O–H groups in total. The minimum absolute atomic E-state index is 0.212. The quantitative estimate of drug-likeness (QED) is 0.603. The summed E-state index contributed by atoms with van der Waals surface area (Å²) in [5, 5.41) is 4.59. The van der Waals surface area contributed by atoms with Gasteiger partial charge in [-0.2, -0.15) is 5.10 Å². The van der Waals surface area contributed by atoms with Gasteiger partial charge in [-0.3, -0.25) is 9.69 Å². The molecule has 5 rings (SSSR count). The maximum absolute atomic E-state index is 12.1. The molecule has 0 bridgehead atoms. The fraction of sp³-hybridized carbons (Fsp3) is 0.409. The van der Waals surface area contributed by atoms with Crippen molar-refractivity contribution >= 4 is 21.3 Å². The fourth-order valence-electron chi connectivity index (χ4n) is 3.90. The van der Waals surface area contributed by atoms with E-state index in [1.54, 1.807) is 4.52 Å². The molecule has 156 valence electrons. The molecular weight excluding hydrogens is 400 g/mol. The number of ketones is 1. The monoisotopic (exact) mass is 424 g/mol. The van der Waals surface area contributed by atoms with Crippen molar-refractivity contribution in [2.75, 3.05) is 24.6 Å². The van der Waals surface area contributed by atoms with Crippen molar-refractivity contribution in [1.82, 2.24) is 19.5 Å². The molecule has 1 aliphatic heterocycles. The van der Waals surface area contributed by atoms with Crippen molar-refractivity contribution in [2.45, 2.75) is 25.8 Å². The van der Waals surface area contributed by atoms with Crippen LogP contribution in [-0.4, -0.2) is 58.3 Å².